The van der Waals surface area contributed by atoms with Crippen LogP contribution in [0.2, 0.25) is 0 Å². The van der Waals surface area contributed by atoms with Crippen molar-refractivity contribution in [3.63, 3.8) is 0 Å². The Morgan fingerprint density at radius 1 is 0.626 bits per heavy atom. The van der Waals surface area contributed by atoms with Crippen molar-refractivity contribution >= 4 is 53.4 Å². The number of amides is 7. The molecule has 37 nitrogen and oxygen atoms in total. The molecule has 0 spiro atoms. The van der Waals surface area contributed by atoms with Crippen LogP contribution in [-0.2, 0) is 66.8 Å². The number of benzene rings is 5. The molecule has 3 fully saturated rings. The fourth-order valence-corrected chi connectivity index (χ4v) is 13.9. The predicted molar refractivity (Wildman–Crippen MR) is 450 cm³/mol. The molecule has 5 aromatic carbocycles. The van der Waals surface area contributed by atoms with Crippen LogP contribution in [0, 0.1) is 32.6 Å². The normalized spacial score (nSPS) is 24.1. The summed E-state index contributed by atoms with van der Waals surface area (Å²) in [5, 5.41) is 126. The second-order valence-corrected chi connectivity index (χ2v) is 29.8. The van der Waals surface area contributed by atoms with E-state index in [9.17, 15) is 59.4 Å². The van der Waals surface area contributed by atoms with E-state index >= 15 is 14.4 Å². The Bertz CT molecular complexity index is 4210. The molecule has 123 heavy (non-hydrogen) atoms. The maximum Gasteiger partial charge on any atom is 0.248 e. The van der Waals surface area contributed by atoms with Gasteiger partial charge in [-0.3, -0.25) is 43.3 Å². The number of ether oxygens (including phenoxy) is 8. The fourth-order valence-electron chi connectivity index (χ4n) is 13.9. The first kappa shape index (κ1) is 107. The van der Waals surface area contributed by atoms with Gasteiger partial charge in [-0.05, 0) is 180 Å². The second kappa shape index (κ2) is 53.2. The molecular weight excluding hydrogens is 1610 g/mol. The lowest BCUT2D eigenvalue weighted by molar-refractivity contribution is -0.259. The van der Waals surface area contributed by atoms with Crippen LogP contribution >= 0.6 is 0 Å². The second-order valence-electron chi connectivity index (χ2n) is 29.8. The summed E-state index contributed by atoms with van der Waals surface area (Å²) in [7, 11) is 13.4. The number of aromatic hydroxyl groups is 3. The number of ketones is 1. The topological polar surface area (TPSA) is 572 Å². The lowest BCUT2D eigenvalue weighted by Crippen LogP contribution is -2.59. The third-order valence-corrected chi connectivity index (χ3v) is 20.5. The Morgan fingerprint density at radius 3 is 1.60 bits per heavy atom. The highest BCUT2D eigenvalue weighted by atomic mass is 16.7. The first-order chi connectivity index (χ1) is 58.6. The lowest BCUT2D eigenvalue weighted by Gasteiger charge is -2.38. The average Bonchev–Trinajstić information content (AvgIpc) is 0.758. The van der Waals surface area contributed by atoms with Crippen LogP contribution in [0.15, 0.2) is 72.8 Å². The molecule has 16 unspecified atom stereocenters. The van der Waals surface area contributed by atoms with Crippen LogP contribution in [0.5, 0.6) is 46.0 Å². The SMILES string of the molecule is CO.CO.CO.CO.COC.COC1OC(C=O)C(O)C(O)C1C.COc1c2cc3cc1Oc1ccc(cc1C)C(O)C(NC(=O)C(CC(C)C)N(C)C)C(=O)NC(CC(N)=O)C(=O)NC3C(=O)NC1C(=O)NC(C(=O)NC(C(C)=O)c3cc(O)c(C)c(O)c3-c3cc1ccc3O)C(C)c1ccc(c(C)c1)O2.OCC1CCCCO1.OCC1CCCCO1. The van der Waals surface area contributed by atoms with Gasteiger partial charge < -0.3 is 142 Å². The van der Waals surface area contributed by atoms with Crippen molar-refractivity contribution < 1.29 is 142 Å². The number of fused-ring (bicyclic) bond motifs is 15. The van der Waals surface area contributed by atoms with Crippen LogP contribution in [-0.4, -0.2) is 278 Å². The van der Waals surface area contributed by atoms with Crippen LogP contribution in [0.25, 0.3) is 11.1 Å². The van der Waals surface area contributed by atoms with E-state index in [0.717, 1.165) is 67.3 Å². The molecule has 8 heterocycles. The molecule has 8 aliphatic rings. The number of primary amides is 1. The number of hydrogen-bond donors (Lipinski definition) is 19. The average molecular weight is 1740 g/mol. The summed E-state index contributed by atoms with van der Waals surface area (Å²) in [4.78, 5) is 128. The molecule has 37 heteroatoms. The summed E-state index contributed by atoms with van der Waals surface area (Å²) >= 11 is 0. The summed E-state index contributed by atoms with van der Waals surface area (Å²) in [5.74, 6) is -10.4. The molecule has 3 saturated heterocycles. The van der Waals surface area contributed by atoms with Crippen molar-refractivity contribution in [1.82, 2.24) is 36.8 Å². The molecule has 0 radical (unpaired) electrons. The molecule has 20 N–H and O–H groups in total. The molecule has 5 aromatic rings. The number of aryl methyl sites for hydroxylation is 2. The number of nitrogens with zero attached hydrogens (tertiary/aromatic N) is 1. The van der Waals surface area contributed by atoms with Gasteiger partial charge in [0.05, 0.1) is 51.1 Å². The monoisotopic (exact) mass is 1740 g/mol. The Hall–Kier alpha value is -10.1. The Kier molecular flexibility index (Phi) is 46.3. The van der Waals surface area contributed by atoms with Crippen LogP contribution in [0.1, 0.15) is 161 Å². The van der Waals surface area contributed by atoms with E-state index in [1.807, 2.05) is 13.8 Å². The van der Waals surface area contributed by atoms with Gasteiger partial charge in [0.25, 0.3) is 0 Å². The zero-order chi connectivity index (χ0) is 93.0. The van der Waals surface area contributed by atoms with Gasteiger partial charge in [0.2, 0.25) is 47.1 Å². The zero-order valence-electron chi connectivity index (χ0n) is 73.1. The number of phenolic OH excluding ortho intramolecular Hbond substituents is 3. The highest BCUT2D eigenvalue weighted by Crippen LogP contribution is 2.49. The number of aliphatic hydroxyl groups excluding tert-OH is 9. The quantitative estimate of drug-likeness (QED) is 0.0753. The minimum Gasteiger partial charge on any atom is -0.508 e. The van der Waals surface area contributed by atoms with E-state index in [4.69, 9.17) is 69.5 Å². The molecule has 16 atom stereocenters. The van der Waals surface area contributed by atoms with E-state index < -0.39 is 150 Å². The minimum atomic E-state index is -1.97. The van der Waals surface area contributed by atoms with Gasteiger partial charge in [-0.25, -0.2) is 0 Å². The molecule has 686 valence electrons. The molecule has 0 saturated carbocycles. The largest absolute Gasteiger partial charge is 0.508 e. The maximum atomic E-state index is 15.7. The number of hydrogen-bond acceptors (Lipinski definition) is 30. The van der Waals surface area contributed by atoms with Gasteiger partial charge in [0.1, 0.15) is 83.3 Å². The van der Waals surface area contributed by atoms with Crippen molar-refractivity contribution in [2.45, 2.75) is 198 Å². The van der Waals surface area contributed by atoms with E-state index in [1.54, 1.807) is 79.1 Å². The molecular formula is C86H128N8O29. The van der Waals surface area contributed by atoms with Crippen molar-refractivity contribution in [2.24, 2.45) is 17.6 Å². The van der Waals surface area contributed by atoms with E-state index in [2.05, 4.69) is 36.6 Å². The smallest absolute Gasteiger partial charge is 0.248 e. The van der Waals surface area contributed by atoms with E-state index in [0.29, 0.717) is 29.4 Å². The summed E-state index contributed by atoms with van der Waals surface area (Å²) in [6, 6.07) is 5.55. The Balaban J connectivity index is 0.000000799. The van der Waals surface area contributed by atoms with Gasteiger partial charge in [-0.2, -0.15) is 0 Å². The Labute approximate surface area is 716 Å². The number of methoxy groups -OCH3 is 3. The number of carbonyl (C=O) groups is 9. The summed E-state index contributed by atoms with van der Waals surface area (Å²) < 4.78 is 43.7. The maximum absolute atomic E-state index is 15.7. The summed E-state index contributed by atoms with van der Waals surface area (Å²) in [5.41, 5.74) is 6.46. The number of likely N-dealkylation sites (N-methyl/N-ethyl adjacent to an activating group) is 1. The van der Waals surface area contributed by atoms with Crippen LogP contribution in [0.4, 0.5) is 0 Å². The van der Waals surface area contributed by atoms with Crippen LogP contribution in [0.3, 0.4) is 0 Å². The van der Waals surface area contributed by atoms with E-state index in [-0.39, 0.29) is 105 Å². The zero-order valence-corrected chi connectivity index (χ0v) is 73.1. The number of Topliss-reactive ketones (excluding diaryl/α,β-unsaturated/α-hetero) is 1. The molecule has 13 rings (SSSR count). The van der Waals surface area contributed by atoms with Crippen molar-refractivity contribution in [3.05, 3.63) is 117 Å². The van der Waals surface area contributed by atoms with Crippen molar-refractivity contribution in [1.29, 1.82) is 0 Å². The summed E-state index contributed by atoms with van der Waals surface area (Å²) in [6.07, 6.45) is 1.45. The summed E-state index contributed by atoms with van der Waals surface area (Å²) in [6.45, 7) is 15.1. The number of nitrogens with one attached hydrogen (secondary N) is 6. The van der Waals surface area contributed by atoms with Gasteiger partial charge >= 0.3 is 0 Å². The van der Waals surface area contributed by atoms with Crippen LogP contribution < -0.4 is 51.8 Å². The molecule has 0 aromatic heterocycles. The van der Waals surface area contributed by atoms with Gasteiger partial charge in [-0.1, -0.05) is 52.0 Å². The fraction of sp³-hybridized carbons (Fsp3) is 0.547. The standard InChI is InChI=1S/C60H68N8O15.C8H14O5.2C6H12O2.C2H6O.4CH4O/c1-25(2)17-38(68(8)9)56(76)67-51-53(74)33-13-16-42(27(4)19-33)83-44-22-34-21-43(54(44)81-10)82-41-15-12-31(18-26(41)3)28(5)47-57(77)64-48(30(7)69)36-23-40(71)29(6)52(73)46(36)35-20-32(11-14-39(35)70)49(58(78)63-47)66-59(79)50(34)65-55(75)37(24-45(61)72)62-60(51)80;1-4-6(10)7(11)5(3-9)13-8(4)12-2;2*7-5-6-3-1-2-4-8-6;1-3-2;4*1-2/h11-16,18-23,25,28,37-38,47-51,53,70-71,73-74H,17,24H2,1-10H3,(H2,61,72)(H,62,80)(H,63,78)(H,64,77)(H,65,75)(H,66,79)(H,67,76);3-8,10-11H,1-2H3;2*6-7H,1-5H2;1-2H3;4*2H,1H3. The number of nitrogens with two attached hydrogens (primary N) is 1. The third-order valence-electron chi connectivity index (χ3n) is 20.5. The number of aliphatic hydroxyl groups is 9. The highest BCUT2D eigenvalue weighted by molar-refractivity contribution is 6.01. The van der Waals surface area contributed by atoms with E-state index in [1.165, 1.54) is 95.5 Å². The van der Waals surface area contributed by atoms with Gasteiger partial charge in [-0.15, -0.1) is 0 Å². The van der Waals surface area contributed by atoms with Gasteiger partial charge in [0.15, 0.2) is 29.9 Å². The molecule has 8 aliphatic heterocycles. The molecule has 0 aliphatic carbocycles. The number of phenols is 3. The predicted octanol–water partition coefficient (Wildman–Crippen LogP) is 2.94. The first-order valence-electron chi connectivity index (χ1n) is 39.8. The highest BCUT2D eigenvalue weighted by Gasteiger charge is 2.44. The van der Waals surface area contributed by atoms with Crippen molar-refractivity contribution in [2.75, 3.05) is 97.4 Å². The van der Waals surface area contributed by atoms with Crippen molar-refractivity contribution in [3.8, 4) is 57.1 Å². The molecule has 7 amide bonds. The number of aldehydes is 1. The Morgan fingerprint density at radius 2 is 1.14 bits per heavy atom. The minimum absolute atomic E-state index is 0.0183. The molecule has 11 bridgehead atoms. The number of carbonyl (C=O) groups excluding carboxylic acids is 9. The third kappa shape index (κ3) is 29.3. The number of rotatable bonds is 13. The lowest BCUT2D eigenvalue weighted by atomic mass is 9.86. The van der Waals surface area contributed by atoms with Gasteiger partial charge in [0, 0.05) is 91.5 Å². The first-order valence-corrected chi connectivity index (χ1v) is 39.8.